The molecule has 1 heterocycles. The van der Waals surface area contributed by atoms with E-state index < -0.39 is 28.0 Å². The van der Waals surface area contributed by atoms with Gasteiger partial charge in [-0.3, -0.25) is 14.3 Å². The molecule has 1 atom stereocenters. The number of aliphatic carboxylic acids is 1. The lowest BCUT2D eigenvalue weighted by atomic mass is 10.0. The molecule has 2 aromatic rings. The second-order valence-electron chi connectivity index (χ2n) is 5.89. The average Bonchev–Trinajstić information content (AvgIpc) is 3.09. The third-order valence-corrected chi connectivity index (χ3v) is 5.27. The van der Waals surface area contributed by atoms with Crippen LogP contribution in [-0.4, -0.2) is 48.4 Å². The summed E-state index contributed by atoms with van der Waals surface area (Å²) >= 11 is 0. The Morgan fingerprint density at radius 1 is 1.30 bits per heavy atom. The van der Waals surface area contributed by atoms with E-state index in [1.807, 2.05) is 30.3 Å². The van der Waals surface area contributed by atoms with E-state index in [0.29, 0.717) is 6.42 Å². The van der Waals surface area contributed by atoms with Crippen LogP contribution in [0.1, 0.15) is 18.4 Å². The second kappa shape index (κ2) is 9.28. The first-order valence-corrected chi connectivity index (χ1v) is 9.66. The quantitative estimate of drug-likeness (QED) is 0.570. The van der Waals surface area contributed by atoms with Crippen LogP contribution in [0.25, 0.3) is 0 Å². The number of aromatic nitrogens is 2. The number of rotatable bonds is 10. The van der Waals surface area contributed by atoms with E-state index in [9.17, 15) is 18.0 Å². The maximum absolute atomic E-state index is 12.6. The van der Waals surface area contributed by atoms with Crippen LogP contribution in [-0.2, 0) is 37.3 Å². The fourth-order valence-electron chi connectivity index (χ4n) is 2.45. The molecule has 27 heavy (non-hydrogen) atoms. The Hall–Kier alpha value is -2.72. The summed E-state index contributed by atoms with van der Waals surface area (Å²) in [5, 5.41) is 12.8. The summed E-state index contributed by atoms with van der Waals surface area (Å²) in [6.45, 7) is -0.210. The summed E-state index contributed by atoms with van der Waals surface area (Å²) < 4.78 is 33.4. The summed E-state index contributed by atoms with van der Waals surface area (Å²) in [5.41, 5.74) is 0.886. The largest absolute Gasteiger partial charge is 0.481 e. The minimum absolute atomic E-state index is 0.111. The van der Waals surface area contributed by atoms with E-state index in [4.69, 9.17) is 5.11 Å². The Bertz CT molecular complexity index is 879. The van der Waals surface area contributed by atoms with Crippen molar-refractivity contribution in [2.75, 3.05) is 7.11 Å². The number of hydrogen-bond acceptors (Lipinski definition) is 6. The number of esters is 1. The van der Waals surface area contributed by atoms with Gasteiger partial charge in [-0.15, -0.1) is 0 Å². The zero-order valence-electron chi connectivity index (χ0n) is 14.7. The van der Waals surface area contributed by atoms with Crippen molar-refractivity contribution in [3.8, 4) is 0 Å². The molecule has 0 aliphatic rings. The highest BCUT2D eigenvalue weighted by atomic mass is 32.2. The van der Waals surface area contributed by atoms with Gasteiger partial charge in [-0.05, 0) is 18.4 Å². The van der Waals surface area contributed by atoms with Crippen LogP contribution >= 0.6 is 0 Å². The highest BCUT2D eigenvalue weighted by Gasteiger charge is 2.23. The summed E-state index contributed by atoms with van der Waals surface area (Å²) in [4.78, 5) is 22.0. The van der Waals surface area contributed by atoms with Gasteiger partial charge in [-0.25, -0.2) is 13.1 Å². The highest BCUT2D eigenvalue weighted by molar-refractivity contribution is 7.89. The van der Waals surface area contributed by atoms with Crippen LogP contribution in [0.15, 0.2) is 47.6 Å². The first kappa shape index (κ1) is 20.6. The Kier molecular flexibility index (Phi) is 7.08. The van der Waals surface area contributed by atoms with Crippen LogP contribution in [0, 0.1) is 0 Å². The molecule has 2 rings (SSSR count). The van der Waals surface area contributed by atoms with E-state index >= 15 is 0 Å². The molecule has 1 aromatic heterocycles. The van der Waals surface area contributed by atoms with E-state index in [1.54, 1.807) is 0 Å². The highest BCUT2D eigenvalue weighted by Crippen LogP contribution is 2.13. The van der Waals surface area contributed by atoms with Crippen LogP contribution in [0.2, 0.25) is 0 Å². The zero-order chi connectivity index (χ0) is 19.9. The lowest BCUT2D eigenvalue weighted by Crippen LogP contribution is -2.36. The number of nitrogens with zero attached hydrogens (tertiary/aromatic N) is 2. The first-order valence-electron chi connectivity index (χ1n) is 8.17. The molecule has 0 radical (unpaired) electrons. The Labute approximate surface area is 157 Å². The van der Waals surface area contributed by atoms with Crippen molar-refractivity contribution < 1.29 is 27.9 Å². The molecule has 1 unspecified atom stereocenters. The van der Waals surface area contributed by atoms with Gasteiger partial charge in [0.2, 0.25) is 10.0 Å². The lowest BCUT2D eigenvalue weighted by Gasteiger charge is -2.17. The third kappa shape index (κ3) is 6.50. The topological polar surface area (TPSA) is 128 Å². The van der Waals surface area contributed by atoms with Gasteiger partial charge in [-0.2, -0.15) is 5.10 Å². The van der Waals surface area contributed by atoms with Crippen LogP contribution in [0.5, 0.6) is 0 Å². The van der Waals surface area contributed by atoms with Gasteiger partial charge in [0.25, 0.3) is 0 Å². The Morgan fingerprint density at radius 2 is 2.00 bits per heavy atom. The van der Waals surface area contributed by atoms with Crippen LogP contribution in [0.4, 0.5) is 0 Å². The number of hydrogen-bond donors (Lipinski definition) is 2. The van der Waals surface area contributed by atoms with Crippen LogP contribution in [0.3, 0.4) is 0 Å². The fraction of sp³-hybridized carbons (Fsp3) is 0.353. The van der Waals surface area contributed by atoms with Gasteiger partial charge in [-0.1, -0.05) is 30.3 Å². The summed E-state index contributed by atoms with van der Waals surface area (Å²) in [6.07, 6.45) is 2.67. The first-order chi connectivity index (χ1) is 12.8. The van der Waals surface area contributed by atoms with E-state index in [1.165, 1.54) is 13.3 Å². The SMILES string of the molecule is COC(=O)Cn1cc(S(=O)(=O)NC(CCC(=O)O)Cc2ccccc2)cn1. The molecule has 0 aliphatic heterocycles. The molecule has 0 aliphatic carbocycles. The summed E-state index contributed by atoms with van der Waals surface area (Å²) in [5.74, 6) is -1.56. The lowest BCUT2D eigenvalue weighted by molar-refractivity contribution is -0.141. The smallest absolute Gasteiger partial charge is 0.327 e. The number of nitrogens with one attached hydrogen (secondary N) is 1. The molecular formula is C17H21N3O6S. The summed E-state index contributed by atoms with van der Waals surface area (Å²) in [6, 6.07) is 8.59. The number of benzene rings is 1. The van der Waals surface area contributed by atoms with Crippen molar-refractivity contribution in [3.63, 3.8) is 0 Å². The second-order valence-corrected chi connectivity index (χ2v) is 7.60. The third-order valence-electron chi connectivity index (χ3n) is 3.79. The molecule has 2 N–H and O–H groups in total. The van der Waals surface area contributed by atoms with Crippen molar-refractivity contribution in [1.82, 2.24) is 14.5 Å². The normalized spacial score (nSPS) is 12.5. The van der Waals surface area contributed by atoms with Crippen LogP contribution < -0.4 is 4.72 Å². The van der Waals surface area contributed by atoms with Gasteiger partial charge in [0.15, 0.2) is 0 Å². The van der Waals surface area contributed by atoms with Gasteiger partial charge in [0.05, 0.1) is 13.3 Å². The van der Waals surface area contributed by atoms with Gasteiger partial charge < -0.3 is 9.84 Å². The van der Waals surface area contributed by atoms with E-state index in [0.717, 1.165) is 16.4 Å². The predicted octanol–water partition coefficient (Wildman–Crippen LogP) is 0.810. The number of carboxylic acid groups (broad SMARTS) is 1. The summed E-state index contributed by atoms with van der Waals surface area (Å²) in [7, 11) is -2.70. The molecule has 9 nitrogen and oxygen atoms in total. The number of carbonyl (C=O) groups is 2. The maximum Gasteiger partial charge on any atom is 0.327 e. The molecule has 0 fully saturated rings. The number of methoxy groups -OCH3 is 1. The zero-order valence-corrected chi connectivity index (χ0v) is 15.6. The molecule has 10 heteroatoms. The molecule has 1 aromatic carbocycles. The molecule has 0 bridgehead atoms. The minimum Gasteiger partial charge on any atom is -0.481 e. The molecule has 0 amide bonds. The molecule has 146 valence electrons. The van der Waals surface area contributed by atoms with Gasteiger partial charge in [0, 0.05) is 18.7 Å². The standard InChI is InChI=1S/C17H21N3O6S/c1-26-17(23)12-20-11-15(10-18-20)27(24,25)19-14(7-8-16(21)22)9-13-5-3-2-4-6-13/h2-6,10-11,14,19H,7-9,12H2,1H3,(H,21,22). The average molecular weight is 395 g/mol. The molecule has 0 spiro atoms. The van der Waals surface area contributed by atoms with Crippen molar-refractivity contribution in [3.05, 3.63) is 48.3 Å². The van der Waals surface area contributed by atoms with Gasteiger partial charge in [0.1, 0.15) is 11.4 Å². The number of sulfonamides is 1. The predicted molar refractivity (Wildman–Crippen MR) is 95.4 cm³/mol. The minimum atomic E-state index is -3.93. The monoisotopic (exact) mass is 395 g/mol. The van der Waals surface area contributed by atoms with E-state index in [-0.39, 0.29) is 24.3 Å². The molecule has 0 saturated carbocycles. The van der Waals surface area contributed by atoms with Crippen molar-refractivity contribution >= 4 is 22.0 Å². The van der Waals surface area contributed by atoms with Crippen molar-refractivity contribution in [1.29, 1.82) is 0 Å². The van der Waals surface area contributed by atoms with Crippen molar-refractivity contribution in [2.45, 2.75) is 36.7 Å². The number of ether oxygens (including phenoxy) is 1. The van der Waals surface area contributed by atoms with E-state index in [2.05, 4.69) is 14.6 Å². The fourth-order valence-corrected chi connectivity index (χ4v) is 3.68. The number of carbonyl (C=O) groups excluding carboxylic acids is 1. The Balaban J connectivity index is 2.13. The van der Waals surface area contributed by atoms with Crippen molar-refractivity contribution in [2.24, 2.45) is 0 Å². The molecular weight excluding hydrogens is 374 g/mol. The maximum atomic E-state index is 12.6. The molecule has 0 saturated heterocycles. The Morgan fingerprint density at radius 3 is 2.63 bits per heavy atom. The van der Waals surface area contributed by atoms with Gasteiger partial charge >= 0.3 is 11.9 Å². The number of carboxylic acids is 1.